The minimum absolute atomic E-state index is 0.0540. The second kappa shape index (κ2) is 4.88. The summed E-state index contributed by atoms with van der Waals surface area (Å²) in [4.78, 5) is 32.5. The highest BCUT2D eigenvalue weighted by Gasteiger charge is 2.39. The molecule has 1 fully saturated rings. The third-order valence-electron chi connectivity index (χ3n) is 2.38. The maximum Gasteiger partial charge on any atom is 0.308 e. The molecule has 1 aliphatic rings. The largest absolute Gasteiger partial charge is 0.469 e. The van der Waals surface area contributed by atoms with Gasteiger partial charge in [0.05, 0.1) is 20.0 Å². The lowest BCUT2D eigenvalue weighted by Crippen LogP contribution is -2.27. The Labute approximate surface area is 86.2 Å². The highest BCUT2D eigenvalue weighted by atomic mass is 16.6. The molecule has 3 unspecified atom stereocenters. The smallest absolute Gasteiger partial charge is 0.308 e. The molecule has 3 atom stereocenters. The lowest BCUT2D eigenvalue weighted by molar-refractivity contribution is -0.158. The number of hydrogen-bond acceptors (Lipinski definition) is 6. The molecule has 15 heavy (non-hydrogen) atoms. The Balaban J connectivity index is 2.62. The van der Waals surface area contributed by atoms with Crippen molar-refractivity contribution in [3.05, 3.63) is 0 Å². The van der Waals surface area contributed by atoms with Crippen LogP contribution in [-0.4, -0.2) is 36.7 Å². The molecule has 0 aromatic rings. The number of cyclic esters (lactones) is 1. The number of aliphatic hydroxyl groups excluding tert-OH is 1. The second-order valence-electron chi connectivity index (χ2n) is 3.33. The summed E-state index contributed by atoms with van der Waals surface area (Å²) in [7, 11) is 1.21. The lowest BCUT2D eigenvalue weighted by atomic mass is 9.89. The van der Waals surface area contributed by atoms with Crippen LogP contribution in [0.25, 0.3) is 0 Å². The van der Waals surface area contributed by atoms with E-state index in [-0.39, 0.29) is 12.8 Å². The second-order valence-corrected chi connectivity index (χ2v) is 3.33. The molecule has 84 valence electrons. The Bertz CT molecular complexity index is 274. The third kappa shape index (κ3) is 2.76. The van der Waals surface area contributed by atoms with Crippen molar-refractivity contribution in [1.29, 1.82) is 0 Å². The highest BCUT2D eigenvalue weighted by Crippen LogP contribution is 2.28. The number of methoxy groups -OCH3 is 1. The fraction of sp³-hybridized carbons (Fsp3) is 0.667. The Morgan fingerprint density at radius 2 is 2.47 bits per heavy atom. The van der Waals surface area contributed by atoms with Crippen molar-refractivity contribution in [3.63, 3.8) is 0 Å². The first-order chi connectivity index (χ1) is 7.08. The van der Waals surface area contributed by atoms with Crippen molar-refractivity contribution in [2.45, 2.75) is 19.1 Å². The van der Waals surface area contributed by atoms with Crippen LogP contribution in [0.2, 0.25) is 0 Å². The summed E-state index contributed by atoms with van der Waals surface area (Å²) in [5.74, 6) is -2.53. The molecular formula is C9H12O6. The van der Waals surface area contributed by atoms with E-state index in [0.29, 0.717) is 6.29 Å². The van der Waals surface area contributed by atoms with Gasteiger partial charge in [-0.15, -0.1) is 0 Å². The first-order valence-corrected chi connectivity index (χ1v) is 4.48. The summed E-state index contributed by atoms with van der Waals surface area (Å²) in [6.07, 6.45) is -0.982. The number of carbonyl (C=O) groups is 3. The summed E-state index contributed by atoms with van der Waals surface area (Å²) >= 11 is 0. The van der Waals surface area contributed by atoms with Crippen molar-refractivity contribution < 1.29 is 29.0 Å². The number of carbonyl (C=O) groups excluding carboxylic acids is 3. The molecule has 1 aliphatic heterocycles. The molecule has 6 heteroatoms. The van der Waals surface area contributed by atoms with Crippen molar-refractivity contribution in [1.82, 2.24) is 0 Å². The molecule has 0 amide bonds. The van der Waals surface area contributed by atoms with Crippen molar-refractivity contribution in [2.75, 3.05) is 7.11 Å². The van der Waals surface area contributed by atoms with Gasteiger partial charge in [-0.05, 0) is 0 Å². The van der Waals surface area contributed by atoms with Gasteiger partial charge in [0.2, 0.25) is 6.29 Å². The van der Waals surface area contributed by atoms with Gasteiger partial charge in [-0.2, -0.15) is 0 Å². The topological polar surface area (TPSA) is 89.9 Å². The van der Waals surface area contributed by atoms with Crippen LogP contribution < -0.4 is 0 Å². The van der Waals surface area contributed by atoms with Crippen LogP contribution >= 0.6 is 0 Å². The Morgan fingerprint density at radius 1 is 1.80 bits per heavy atom. The van der Waals surface area contributed by atoms with E-state index in [1.165, 1.54) is 7.11 Å². The molecule has 0 bridgehead atoms. The van der Waals surface area contributed by atoms with E-state index in [4.69, 9.17) is 0 Å². The molecule has 0 radical (unpaired) electrons. The molecule has 1 saturated heterocycles. The molecule has 1 heterocycles. The number of aldehydes is 1. The number of ether oxygens (including phenoxy) is 2. The average molecular weight is 216 g/mol. The normalized spacial score (nSPS) is 26.9. The Kier molecular flexibility index (Phi) is 3.79. The predicted octanol–water partition coefficient (Wildman–Crippen LogP) is -0.754. The molecule has 0 aromatic carbocycles. The standard InChI is InChI=1S/C9H12O6/c1-14-7(11)2-5(4-10)6-3-8(12)15-9(6)13/h4-6,9,13H,2-3H2,1H3. The van der Waals surface area contributed by atoms with Gasteiger partial charge >= 0.3 is 11.9 Å². The highest BCUT2D eigenvalue weighted by molar-refractivity contribution is 5.76. The average Bonchev–Trinajstić information content (AvgIpc) is 2.54. The minimum Gasteiger partial charge on any atom is -0.469 e. The van der Waals surface area contributed by atoms with E-state index in [1.54, 1.807) is 0 Å². The van der Waals surface area contributed by atoms with E-state index in [2.05, 4.69) is 9.47 Å². The van der Waals surface area contributed by atoms with E-state index in [1.807, 2.05) is 0 Å². The first kappa shape index (κ1) is 11.6. The molecule has 0 aliphatic carbocycles. The van der Waals surface area contributed by atoms with Crippen LogP contribution in [0.3, 0.4) is 0 Å². The van der Waals surface area contributed by atoms with Crippen LogP contribution in [0.15, 0.2) is 0 Å². The summed E-state index contributed by atoms with van der Waals surface area (Å²) in [5.41, 5.74) is 0. The molecule has 0 spiro atoms. The number of hydrogen-bond donors (Lipinski definition) is 1. The molecule has 1 N–H and O–H groups in total. The maximum absolute atomic E-state index is 10.9. The number of esters is 2. The molecule has 1 rings (SSSR count). The van der Waals surface area contributed by atoms with Crippen LogP contribution in [0.5, 0.6) is 0 Å². The van der Waals surface area contributed by atoms with Crippen molar-refractivity contribution >= 4 is 18.2 Å². The summed E-state index contributed by atoms with van der Waals surface area (Å²) < 4.78 is 8.88. The van der Waals surface area contributed by atoms with E-state index >= 15 is 0 Å². The number of aliphatic hydroxyl groups is 1. The van der Waals surface area contributed by atoms with Crippen LogP contribution in [0.1, 0.15) is 12.8 Å². The quantitative estimate of drug-likeness (QED) is 0.491. The van der Waals surface area contributed by atoms with E-state index < -0.39 is 30.1 Å². The molecule has 0 saturated carbocycles. The zero-order valence-electron chi connectivity index (χ0n) is 8.21. The van der Waals surface area contributed by atoms with Crippen LogP contribution in [0.4, 0.5) is 0 Å². The third-order valence-corrected chi connectivity index (χ3v) is 2.38. The SMILES string of the molecule is COC(=O)CC(C=O)C1CC(=O)OC1O. The minimum atomic E-state index is -1.31. The Hall–Kier alpha value is -1.43. The van der Waals surface area contributed by atoms with Crippen molar-refractivity contribution in [3.8, 4) is 0 Å². The van der Waals surface area contributed by atoms with E-state index in [9.17, 15) is 19.5 Å². The van der Waals surface area contributed by atoms with Gasteiger partial charge in [0, 0.05) is 11.8 Å². The van der Waals surface area contributed by atoms with Gasteiger partial charge in [0.1, 0.15) is 6.29 Å². The van der Waals surface area contributed by atoms with Gasteiger partial charge in [-0.1, -0.05) is 0 Å². The van der Waals surface area contributed by atoms with Gasteiger partial charge in [-0.3, -0.25) is 9.59 Å². The molecule has 0 aromatic heterocycles. The lowest BCUT2D eigenvalue weighted by Gasteiger charge is -2.17. The summed E-state index contributed by atoms with van der Waals surface area (Å²) in [6.45, 7) is 0. The molecular weight excluding hydrogens is 204 g/mol. The Morgan fingerprint density at radius 3 is 2.87 bits per heavy atom. The van der Waals surface area contributed by atoms with E-state index in [0.717, 1.165) is 0 Å². The fourth-order valence-electron chi connectivity index (χ4n) is 1.50. The van der Waals surface area contributed by atoms with Crippen LogP contribution in [0, 0.1) is 11.8 Å². The summed E-state index contributed by atoms with van der Waals surface area (Å²) in [6, 6.07) is 0. The zero-order valence-corrected chi connectivity index (χ0v) is 8.21. The first-order valence-electron chi connectivity index (χ1n) is 4.48. The van der Waals surface area contributed by atoms with Crippen molar-refractivity contribution in [2.24, 2.45) is 11.8 Å². The number of rotatable bonds is 4. The van der Waals surface area contributed by atoms with Gasteiger partial charge in [0.15, 0.2) is 0 Å². The summed E-state index contributed by atoms with van der Waals surface area (Å²) in [5, 5.41) is 9.29. The van der Waals surface area contributed by atoms with Gasteiger partial charge < -0.3 is 19.4 Å². The zero-order chi connectivity index (χ0) is 11.4. The van der Waals surface area contributed by atoms with Crippen LogP contribution in [-0.2, 0) is 23.9 Å². The monoisotopic (exact) mass is 216 g/mol. The molecule has 6 nitrogen and oxygen atoms in total. The van der Waals surface area contributed by atoms with Gasteiger partial charge in [-0.25, -0.2) is 0 Å². The fourth-order valence-corrected chi connectivity index (χ4v) is 1.50. The predicted molar refractivity (Wildman–Crippen MR) is 46.4 cm³/mol. The van der Waals surface area contributed by atoms with Gasteiger partial charge in [0.25, 0.3) is 0 Å². The maximum atomic E-state index is 10.9.